The molecule has 1 aromatic carbocycles. The zero-order chi connectivity index (χ0) is 17.5. The zero-order valence-corrected chi connectivity index (χ0v) is 13.1. The number of rotatable bonds is 1. The fraction of sp³-hybridized carbons (Fsp3) is 0.438. The number of anilines is 1. The molecule has 0 aromatic heterocycles. The lowest BCUT2D eigenvalue weighted by Gasteiger charge is -2.31. The van der Waals surface area contributed by atoms with Crippen molar-refractivity contribution in [1.82, 2.24) is 5.01 Å². The third-order valence-electron chi connectivity index (χ3n) is 4.22. The summed E-state index contributed by atoms with van der Waals surface area (Å²) >= 11 is 0. The maximum Gasteiger partial charge on any atom is 0.416 e. The number of amides is 2. The highest BCUT2D eigenvalue weighted by Crippen LogP contribution is 2.35. The molecular weight excluding hydrogens is 323 g/mol. The average Bonchev–Trinajstić information content (AvgIpc) is 2.55. The number of carbonyl (C=O) groups is 2. The Labute approximate surface area is 136 Å². The van der Waals surface area contributed by atoms with E-state index in [9.17, 15) is 22.8 Å². The first kappa shape index (κ1) is 16.5. The van der Waals surface area contributed by atoms with Gasteiger partial charge in [-0.15, -0.1) is 0 Å². The van der Waals surface area contributed by atoms with E-state index >= 15 is 0 Å². The third-order valence-corrected chi connectivity index (χ3v) is 4.22. The Morgan fingerprint density at radius 1 is 1.21 bits per heavy atom. The summed E-state index contributed by atoms with van der Waals surface area (Å²) in [5.74, 6) is -0.518. The van der Waals surface area contributed by atoms with Gasteiger partial charge in [0.2, 0.25) is 5.91 Å². The van der Waals surface area contributed by atoms with Crippen LogP contribution in [0.2, 0.25) is 0 Å². The molecule has 0 saturated carbocycles. The highest BCUT2D eigenvalue weighted by molar-refractivity contribution is 6.44. The molecule has 2 aliphatic rings. The third kappa shape index (κ3) is 3.00. The first-order valence-corrected chi connectivity index (χ1v) is 7.63. The molecule has 0 N–H and O–H groups in total. The van der Waals surface area contributed by atoms with Gasteiger partial charge >= 0.3 is 6.18 Å². The van der Waals surface area contributed by atoms with Crippen LogP contribution < -0.4 is 4.90 Å². The van der Waals surface area contributed by atoms with Gasteiger partial charge in [0.25, 0.3) is 5.91 Å². The Hall–Kier alpha value is -2.38. The van der Waals surface area contributed by atoms with Crippen LogP contribution in [0.3, 0.4) is 0 Å². The number of nitrogens with zero attached hydrogens (tertiary/aromatic N) is 3. The van der Waals surface area contributed by atoms with Crippen LogP contribution in [0, 0.1) is 0 Å². The minimum atomic E-state index is -4.40. The van der Waals surface area contributed by atoms with Crippen LogP contribution >= 0.6 is 0 Å². The van der Waals surface area contributed by atoms with Crippen molar-refractivity contribution in [2.75, 3.05) is 18.5 Å². The molecule has 1 aromatic rings. The molecule has 5 nitrogen and oxygen atoms in total. The van der Waals surface area contributed by atoms with E-state index in [4.69, 9.17) is 0 Å². The number of carbonyl (C=O) groups excluding carboxylic acids is 2. The Morgan fingerprint density at radius 3 is 2.62 bits per heavy atom. The standard InChI is InChI=1S/C16H16F3N3O2/c1-21-14(23)7-5-12(20-21)15(24)22-8-2-3-10-9-11(16(17,18)19)4-6-13(10)22/h4,6,9H,2-3,5,7-8H2,1H3. The number of alkyl halides is 3. The summed E-state index contributed by atoms with van der Waals surface area (Å²) in [5, 5.41) is 5.13. The Kier molecular flexibility index (Phi) is 4.06. The Balaban J connectivity index is 1.91. The molecule has 8 heteroatoms. The molecule has 2 aliphatic heterocycles. The topological polar surface area (TPSA) is 53.0 Å². The van der Waals surface area contributed by atoms with Gasteiger partial charge in [-0.25, -0.2) is 5.01 Å². The molecule has 0 spiro atoms. The SMILES string of the molecule is CN1N=C(C(=O)N2CCCc3cc(C(F)(F)F)ccc32)CCC1=O. The van der Waals surface area contributed by atoms with E-state index < -0.39 is 11.7 Å². The normalized spacial score (nSPS) is 18.3. The summed E-state index contributed by atoms with van der Waals surface area (Å²) in [7, 11) is 1.48. The summed E-state index contributed by atoms with van der Waals surface area (Å²) in [5.41, 5.74) is 0.535. The number of halogens is 3. The predicted octanol–water partition coefficient (Wildman–Crippen LogP) is 2.59. The number of hydrazone groups is 1. The van der Waals surface area contributed by atoms with Crippen LogP contribution in [0.25, 0.3) is 0 Å². The van der Waals surface area contributed by atoms with E-state index in [1.807, 2.05) is 0 Å². The molecule has 2 heterocycles. The van der Waals surface area contributed by atoms with Crippen molar-refractivity contribution in [3.63, 3.8) is 0 Å². The summed E-state index contributed by atoms with van der Waals surface area (Å²) in [6.07, 6.45) is -2.88. The van der Waals surface area contributed by atoms with E-state index in [0.717, 1.165) is 17.1 Å². The van der Waals surface area contributed by atoms with Crippen molar-refractivity contribution in [3.8, 4) is 0 Å². The lowest BCUT2D eigenvalue weighted by atomic mass is 9.98. The van der Waals surface area contributed by atoms with Gasteiger partial charge in [0.05, 0.1) is 5.56 Å². The predicted molar refractivity (Wildman–Crippen MR) is 81.6 cm³/mol. The Morgan fingerprint density at radius 2 is 1.96 bits per heavy atom. The van der Waals surface area contributed by atoms with Crippen molar-refractivity contribution in [2.45, 2.75) is 31.9 Å². The van der Waals surface area contributed by atoms with Crippen molar-refractivity contribution in [1.29, 1.82) is 0 Å². The molecule has 0 atom stereocenters. The highest BCUT2D eigenvalue weighted by Gasteiger charge is 2.34. The maximum atomic E-state index is 12.8. The van der Waals surface area contributed by atoms with E-state index in [0.29, 0.717) is 30.6 Å². The van der Waals surface area contributed by atoms with Gasteiger partial charge in [-0.2, -0.15) is 18.3 Å². The van der Waals surface area contributed by atoms with Gasteiger partial charge < -0.3 is 4.90 Å². The monoisotopic (exact) mass is 339 g/mol. The molecule has 0 saturated heterocycles. The molecule has 0 bridgehead atoms. The maximum absolute atomic E-state index is 12.8. The largest absolute Gasteiger partial charge is 0.416 e. The van der Waals surface area contributed by atoms with E-state index in [2.05, 4.69) is 5.10 Å². The quantitative estimate of drug-likeness (QED) is 0.790. The lowest BCUT2D eigenvalue weighted by Crippen LogP contribution is -2.43. The van der Waals surface area contributed by atoms with Crippen molar-refractivity contribution in [3.05, 3.63) is 29.3 Å². The molecule has 0 unspecified atom stereocenters. The van der Waals surface area contributed by atoms with Gasteiger partial charge in [-0.05, 0) is 36.6 Å². The van der Waals surface area contributed by atoms with E-state index in [1.165, 1.54) is 18.0 Å². The van der Waals surface area contributed by atoms with E-state index in [-0.39, 0.29) is 30.4 Å². The second-order valence-corrected chi connectivity index (χ2v) is 5.87. The van der Waals surface area contributed by atoms with Gasteiger partial charge in [-0.1, -0.05) is 0 Å². The number of benzene rings is 1. The first-order valence-electron chi connectivity index (χ1n) is 7.63. The average molecular weight is 339 g/mol. The number of hydrogen-bond donors (Lipinski definition) is 0. The lowest BCUT2D eigenvalue weighted by molar-refractivity contribution is -0.137. The second kappa shape index (κ2) is 5.92. The van der Waals surface area contributed by atoms with Gasteiger partial charge in [0.1, 0.15) is 5.71 Å². The number of hydrogen-bond acceptors (Lipinski definition) is 3. The summed E-state index contributed by atoms with van der Waals surface area (Å²) in [6.45, 7) is 0.424. The van der Waals surface area contributed by atoms with Crippen LogP contribution in [0.4, 0.5) is 18.9 Å². The number of aryl methyl sites for hydroxylation is 1. The summed E-state index contributed by atoms with van der Waals surface area (Å²) in [4.78, 5) is 25.6. The van der Waals surface area contributed by atoms with Crippen LogP contribution in [-0.2, 0) is 22.2 Å². The summed E-state index contributed by atoms with van der Waals surface area (Å²) in [6, 6.07) is 3.43. The fourth-order valence-corrected chi connectivity index (χ4v) is 2.96. The van der Waals surface area contributed by atoms with Crippen molar-refractivity contribution >= 4 is 23.2 Å². The van der Waals surface area contributed by atoms with Crippen molar-refractivity contribution < 1.29 is 22.8 Å². The molecular formula is C16H16F3N3O2. The van der Waals surface area contributed by atoms with Crippen LogP contribution in [0.5, 0.6) is 0 Å². The molecule has 0 radical (unpaired) electrons. The van der Waals surface area contributed by atoms with Gasteiger partial charge in [-0.3, -0.25) is 9.59 Å². The minimum absolute atomic E-state index is 0.166. The molecule has 2 amide bonds. The van der Waals surface area contributed by atoms with Gasteiger partial charge in [0.15, 0.2) is 0 Å². The second-order valence-electron chi connectivity index (χ2n) is 5.87. The van der Waals surface area contributed by atoms with E-state index in [1.54, 1.807) is 0 Å². The van der Waals surface area contributed by atoms with Crippen LogP contribution in [0.15, 0.2) is 23.3 Å². The van der Waals surface area contributed by atoms with Crippen LogP contribution in [0.1, 0.15) is 30.4 Å². The molecule has 0 aliphatic carbocycles. The highest BCUT2D eigenvalue weighted by atomic mass is 19.4. The molecule has 128 valence electrons. The minimum Gasteiger partial charge on any atom is -0.307 e. The van der Waals surface area contributed by atoms with Crippen molar-refractivity contribution in [2.24, 2.45) is 5.10 Å². The Bertz CT molecular complexity index is 728. The smallest absolute Gasteiger partial charge is 0.307 e. The molecule has 24 heavy (non-hydrogen) atoms. The zero-order valence-electron chi connectivity index (χ0n) is 13.1. The number of fused-ring (bicyclic) bond motifs is 1. The molecule has 3 rings (SSSR count). The summed E-state index contributed by atoms with van der Waals surface area (Å²) < 4.78 is 38.5. The molecule has 0 fully saturated rings. The first-order chi connectivity index (χ1) is 11.3. The van der Waals surface area contributed by atoms with Crippen LogP contribution in [-0.4, -0.2) is 36.1 Å². The fourth-order valence-electron chi connectivity index (χ4n) is 2.96. The van der Waals surface area contributed by atoms with Gasteiger partial charge in [0, 0.05) is 32.1 Å².